The number of aromatic nitrogens is 4. The highest BCUT2D eigenvalue weighted by Crippen LogP contribution is 2.50. The molecule has 4 heterocycles. The standard InChI is InChI=1S/C33H47N7O2/c1-2-29-33(12-18-39(19-13-33)27-6-4-3-5-7-27)20-28(32(41)42)40(29)22-26-10-8-25(9-11-26)21-38(23-30-34-14-15-35-30)24-31-36-16-17-37-31/h8-11,14-17,27-29H,2-7,12-13,18-24H2,1H3,(H,34,35)(H,36,37)(H,41,42)/t28-,29?/m0/s1. The van der Waals surface area contributed by atoms with Gasteiger partial charge in [-0.05, 0) is 68.2 Å². The molecule has 42 heavy (non-hydrogen) atoms. The molecule has 1 aromatic carbocycles. The van der Waals surface area contributed by atoms with Crippen molar-refractivity contribution in [3.63, 3.8) is 0 Å². The first kappa shape index (κ1) is 29.1. The highest BCUT2D eigenvalue weighted by molar-refractivity contribution is 5.74. The van der Waals surface area contributed by atoms with E-state index in [-0.39, 0.29) is 5.41 Å². The molecule has 1 saturated carbocycles. The molecule has 2 saturated heterocycles. The predicted octanol–water partition coefficient (Wildman–Crippen LogP) is 5.19. The van der Waals surface area contributed by atoms with Crippen LogP contribution in [-0.2, 0) is 31.0 Å². The lowest BCUT2D eigenvalue weighted by molar-refractivity contribution is -0.142. The monoisotopic (exact) mass is 573 g/mol. The third-order valence-electron chi connectivity index (χ3n) is 10.3. The Bertz CT molecular complexity index is 1210. The number of benzene rings is 1. The second-order valence-corrected chi connectivity index (χ2v) is 12.9. The number of hydrogen-bond acceptors (Lipinski definition) is 6. The van der Waals surface area contributed by atoms with Crippen LogP contribution in [0.5, 0.6) is 0 Å². The van der Waals surface area contributed by atoms with E-state index in [0.717, 1.165) is 63.0 Å². The fourth-order valence-electron chi connectivity index (χ4n) is 8.22. The number of nitrogens with zero attached hydrogens (tertiary/aromatic N) is 5. The van der Waals surface area contributed by atoms with Gasteiger partial charge in [0, 0.05) is 50.0 Å². The topological polar surface area (TPSA) is 104 Å². The molecule has 2 aliphatic heterocycles. The molecular weight excluding hydrogens is 526 g/mol. The van der Waals surface area contributed by atoms with Crippen molar-refractivity contribution < 1.29 is 9.90 Å². The van der Waals surface area contributed by atoms with Crippen molar-refractivity contribution in [1.29, 1.82) is 0 Å². The SMILES string of the molecule is CCC1N(Cc2ccc(CN(Cc3ncc[nH]3)Cc3ncc[nH]3)cc2)[C@H](C(=O)O)CC12CCN(C1CCCCC1)CC2. The second kappa shape index (κ2) is 13.1. The number of carbonyl (C=O) groups is 1. The van der Waals surface area contributed by atoms with E-state index in [0.29, 0.717) is 25.7 Å². The summed E-state index contributed by atoms with van der Waals surface area (Å²) in [5.74, 6) is 1.19. The van der Waals surface area contributed by atoms with E-state index in [1.165, 1.54) is 43.2 Å². The molecule has 0 amide bonds. The largest absolute Gasteiger partial charge is 0.480 e. The van der Waals surface area contributed by atoms with Gasteiger partial charge >= 0.3 is 5.97 Å². The maximum absolute atomic E-state index is 12.6. The van der Waals surface area contributed by atoms with Crippen LogP contribution in [0, 0.1) is 5.41 Å². The van der Waals surface area contributed by atoms with E-state index in [1.807, 2.05) is 12.4 Å². The van der Waals surface area contributed by atoms with Crippen LogP contribution >= 0.6 is 0 Å². The Morgan fingerprint density at radius 3 is 2.12 bits per heavy atom. The Kier molecular flexibility index (Phi) is 9.07. The first-order valence-corrected chi connectivity index (χ1v) is 16.0. The number of aliphatic carboxylic acids is 1. The second-order valence-electron chi connectivity index (χ2n) is 12.9. The number of hydrogen-bond donors (Lipinski definition) is 3. The fourth-order valence-corrected chi connectivity index (χ4v) is 8.22. The van der Waals surface area contributed by atoms with E-state index in [9.17, 15) is 9.90 Å². The van der Waals surface area contributed by atoms with E-state index < -0.39 is 12.0 Å². The fraction of sp³-hybridized carbons (Fsp3) is 0.606. The summed E-state index contributed by atoms with van der Waals surface area (Å²) in [7, 11) is 0. The summed E-state index contributed by atoms with van der Waals surface area (Å²) in [6.45, 7) is 7.36. The van der Waals surface area contributed by atoms with Crippen molar-refractivity contribution in [3.8, 4) is 0 Å². The number of nitrogens with one attached hydrogen (secondary N) is 2. The number of carboxylic acid groups (broad SMARTS) is 1. The van der Waals surface area contributed by atoms with Crippen molar-refractivity contribution >= 4 is 5.97 Å². The van der Waals surface area contributed by atoms with Crippen molar-refractivity contribution in [2.75, 3.05) is 13.1 Å². The average Bonchev–Trinajstić information content (AvgIpc) is 3.77. The van der Waals surface area contributed by atoms with E-state index in [2.05, 4.69) is 65.8 Å². The maximum atomic E-state index is 12.6. The minimum absolute atomic E-state index is 0.112. The van der Waals surface area contributed by atoms with Gasteiger partial charge in [-0.3, -0.25) is 14.6 Å². The molecule has 9 heteroatoms. The Labute approximate surface area is 249 Å². The first-order valence-electron chi connectivity index (χ1n) is 16.0. The molecule has 0 bridgehead atoms. The Balaban J connectivity index is 1.12. The van der Waals surface area contributed by atoms with Gasteiger partial charge in [-0.15, -0.1) is 0 Å². The molecule has 1 spiro atoms. The highest BCUT2D eigenvalue weighted by Gasteiger charge is 2.54. The molecule has 3 aliphatic rings. The zero-order chi connectivity index (χ0) is 28.9. The lowest BCUT2D eigenvalue weighted by Gasteiger charge is -2.47. The van der Waals surface area contributed by atoms with Gasteiger partial charge < -0.3 is 20.0 Å². The van der Waals surface area contributed by atoms with Crippen LogP contribution in [0.2, 0.25) is 0 Å². The quantitative estimate of drug-likeness (QED) is 0.290. The Hall–Kier alpha value is -3.01. The van der Waals surface area contributed by atoms with Gasteiger partial charge in [0.05, 0.1) is 13.1 Å². The number of H-pyrrole nitrogens is 2. The molecule has 9 nitrogen and oxygen atoms in total. The van der Waals surface area contributed by atoms with E-state index in [4.69, 9.17) is 0 Å². The van der Waals surface area contributed by atoms with Crippen LogP contribution in [0.4, 0.5) is 0 Å². The predicted molar refractivity (Wildman–Crippen MR) is 162 cm³/mol. The zero-order valence-electron chi connectivity index (χ0n) is 25.0. The minimum atomic E-state index is -0.664. The van der Waals surface area contributed by atoms with Gasteiger partial charge in [0.1, 0.15) is 17.7 Å². The smallest absolute Gasteiger partial charge is 0.320 e. The van der Waals surface area contributed by atoms with Crippen LogP contribution in [-0.4, -0.2) is 76.9 Å². The lowest BCUT2D eigenvalue weighted by Crippen LogP contribution is -2.50. The van der Waals surface area contributed by atoms with E-state index >= 15 is 0 Å². The third kappa shape index (κ3) is 6.48. The van der Waals surface area contributed by atoms with Gasteiger partial charge in [0.25, 0.3) is 0 Å². The summed E-state index contributed by atoms with van der Waals surface area (Å²) < 4.78 is 0. The molecular formula is C33H47N7O2. The van der Waals surface area contributed by atoms with Gasteiger partial charge in [-0.1, -0.05) is 50.5 Å². The molecule has 226 valence electrons. The molecule has 3 fully saturated rings. The third-order valence-corrected chi connectivity index (χ3v) is 10.3. The van der Waals surface area contributed by atoms with Crippen LogP contribution in [0.25, 0.3) is 0 Å². The Morgan fingerprint density at radius 2 is 1.57 bits per heavy atom. The number of rotatable bonds is 11. The highest BCUT2D eigenvalue weighted by atomic mass is 16.4. The van der Waals surface area contributed by atoms with Crippen LogP contribution in [0.15, 0.2) is 49.1 Å². The normalized spacial score (nSPS) is 23.7. The molecule has 2 aromatic heterocycles. The van der Waals surface area contributed by atoms with Gasteiger partial charge in [0.15, 0.2) is 0 Å². The molecule has 3 N–H and O–H groups in total. The number of piperidine rings is 1. The minimum Gasteiger partial charge on any atom is -0.480 e. The van der Waals surface area contributed by atoms with E-state index in [1.54, 1.807) is 12.4 Å². The lowest BCUT2D eigenvalue weighted by atomic mass is 9.70. The molecule has 0 radical (unpaired) electrons. The van der Waals surface area contributed by atoms with Crippen LogP contribution in [0.1, 0.15) is 87.5 Å². The summed E-state index contributed by atoms with van der Waals surface area (Å²) >= 11 is 0. The van der Waals surface area contributed by atoms with Crippen LogP contribution in [0.3, 0.4) is 0 Å². The first-order chi connectivity index (χ1) is 20.5. The van der Waals surface area contributed by atoms with Gasteiger partial charge in [-0.25, -0.2) is 9.97 Å². The summed E-state index contributed by atoms with van der Waals surface area (Å²) in [5, 5.41) is 10.3. The summed E-state index contributed by atoms with van der Waals surface area (Å²) in [5.41, 5.74) is 2.51. The van der Waals surface area contributed by atoms with Gasteiger partial charge in [0.2, 0.25) is 0 Å². The number of aromatic amines is 2. The Morgan fingerprint density at radius 1 is 0.952 bits per heavy atom. The summed E-state index contributed by atoms with van der Waals surface area (Å²) in [4.78, 5) is 35.2. The van der Waals surface area contributed by atoms with Crippen molar-refractivity contribution in [3.05, 3.63) is 71.8 Å². The molecule has 6 rings (SSSR count). The molecule has 2 atom stereocenters. The van der Waals surface area contributed by atoms with Gasteiger partial charge in [-0.2, -0.15) is 0 Å². The molecule has 1 aliphatic carbocycles. The number of imidazole rings is 2. The average molecular weight is 574 g/mol. The zero-order valence-corrected chi connectivity index (χ0v) is 25.0. The summed E-state index contributed by atoms with van der Waals surface area (Å²) in [6, 6.07) is 9.41. The molecule has 3 aromatic rings. The summed E-state index contributed by atoms with van der Waals surface area (Å²) in [6.07, 6.45) is 18.1. The maximum Gasteiger partial charge on any atom is 0.320 e. The van der Waals surface area contributed by atoms with Crippen LogP contribution < -0.4 is 0 Å². The van der Waals surface area contributed by atoms with Crippen molar-refractivity contribution in [1.82, 2.24) is 34.6 Å². The number of likely N-dealkylation sites (tertiary alicyclic amines) is 2. The van der Waals surface area contributed by atoms with Crippen molar-refractivity contribution in [2.24, 2.45) is 5.41 Å². The number of carboxylic acids is 1. The van der Waals surface area contributed by atoms with Crippen molar-refractivity contribution in [2.45, 2.75) is 109 Å². The molecule has 1 unspecified atom stereocenters.